The van der Waals surface area contributed by atoms with E-state index in [2.05, 4.69) is 10.4 Å². The maximum Gasteiger partial charge on any atom is 0.239 e. The van der Waals surface area contributed by atoms with E-state index in [1.807, 2.05) is 38.4 Å². The third-order valence-electron chi connectivity index (χ3n) is 3.76. The van der Waals surface area contributed by atoms with E-state index in [0.717, 1.165) is 24.2 Å². The smallest absolute Gasteiger partial charge is 0.239 e. The third-order valence-corrected chi connectivity index (χ3v) is 3.76. The van der Waals surface area contributed by atoms with Crippen LogP contribution in [0.1, 0.15) is 38.1 Å². The van der Waals surface area contributed by atoms with Crippen molar-refractivity contribution in [3.8, 4) is 0 Å². The molecule has 0 spiro atoms. The molecule has 106 valence electrons. The van der Waals surface area contributed by atoms with Crippen LogP contribution in [0.15, 0.2) is 6.07 Å². The number of nitrogens with two attached hydrogens (primary N) is 1. The van der Waals surface area contributed by atoms with Gasteiger partial charge in [0.2, 0.25) is 5.91 Å². The van der Waals surface area contributed by atoms with Gasteiger partial charge in [-0.05, 0) is 52.5 Å². The quantitative estimate of drug-likeness (QED) is 0.809. The van der Waals surface area contributed by atoms with Crippen molar-refractivity contribution in [1.82, 2.24) is 15.1 Å². The monoisotopic (exact) mass is 264 g/mol. The molecule has 1 aliphatic rings. The molecule has 0 aromatic carbocycles. The molecule has 1 heterocycles. The molecule has 1 aromatic rings. The van der Waals surface area contributed by atoms with Crippen LogP contribution in [0, 0.1) is 19.8 Å². The lowest BCUT2D eigenvalue weighted by Gasteiger charge is -2.34. The largest absolute Gasteiger partial charge is 0.368 e. The van der Waals surface area contributed by atoms with Gasteiger partial charge < -0.3 is 5.73 Å². The maximum atomic E-state index is 12.1. The number of carbonyl (C=O) groups is 1. The molecule has 3 N–H and O–H groups in total. The number of carbonyl (C=O) groups excluding carboxylic acids is 1. The lowest BCUT2D eigenvalue weighted by molar-refractivity contribution is -0.126. The zero-order valence-corrected chi connectivity index (χ0v) is 12.2. The topological polar surface area (TPSA) is 72.9 Å². The number of hydrogen-bond donors (Lipinski definition) is 2. The third kappa shape index (κ3) is 2.81. The number of amides is 1. The minimum absolute atomic E-state index is 0.213. The predicted octanol–water partition coefficient (Wildman–Crippen LogP) is 1.13. The van der Waals surface area contributed by atoms with Crippen molar-refractivity contribution in [3.05, 3.63) is 17.5 Å². The Labute approximate surface area is 114 Å². The normalized spacial score (nSPS) is 18.6. The molecule has 1 fully saturated rings. The minimum atomic E-state index is -0.669. The highest BCUT2D eigenvalue weighted by atomic mass is 16.1. The molecule has 5 nitrogen and oxygen atoms in total. The SMILES string of the molecule is Cc1cc(C)n(CC(NC(C)C)(C(N)=O)C2CC2)n1. The van der Waals surface area contributed by atoms with E-state index < -0.39 is 5.54 Å². The highest BCUT2D eigenvalue weighted by Crippen LogP contribution is 2.41. The lowest BCUT2D eigenvalue weighted by Crippen LogP contribution is -2.62. The van der Waals surface area contributed by atoms with Crippen LogP contribution in [0.4, 0.5) is 0 Å². The zero-order valence-electron chi connectivity index (χ0n) is 12.2. The summed E-state index contributed by atoms with van der Waals surface area (Å²) in [5.41, 5.74) is 7.09. The Balaban J connectivity index is 2.31. The molecule has 1 atom stereocenters. The first kappa shape index (κ1) is 14.1. The van der Waals surface area contributed by atoms with E-state index in [-0.39, 0.29) is 11.9 Å². The first-order valence-corrected chi connectivity index (χ1v) is 6.94. The van der Waals surface area contributed by atoms with Crippen molar-refractivity contribution in [2.75, 3.05) is 0 Å². The van der Waals surface area contributed by atoms with Crippen molar-refractivity contribution in [2.45, 2.75) is 58.7 Å². The van der Waals surface area contributed by atoms with Crippen LogP contribution in [0.2, 0.25) is 0 Å². The molecule has 0 aliphatic heterocycles. The summed E-state index contributed by atoms with van der Waals surface area (Å²) in [6.07, 6.45) is 2.11. The predicted molar refractivity (Wildman–Crippen MR) is 74.6 cm³/mol. The van der Waals surface area contributed by atoms with Crippen molar-refractivity contribution in [3.63, 3.8) is 0 Å². The van der Waals surface area contributed by atoms with Crippen LogP contribution in [0.3, 0.4) is 0 Å². The number of nitrogens with zero attached hydrogens (tertiary/aromatic N) is 2. The molecule has 1 amide bonds. The average molecular weight is 264 g/mol. The van der Waals surface area contributed by atoms with Crippen LogP contribution in [0.5, 0.6) is 0 Å². The van der Waals surface area contributed by atoms with Crippen LogP contribution in [-0.4, -0.2) is 27.3 Å². The zero-order chi connectivity index (χ0) is 14.2. The van der Waals surface area contributed by atoms with Crippen LogP contribution in [0.25, 0.3) is 0 Å². The molecule has 0 radical (unpaired) electrons. The fourth-order valence-electron chi connectivity index (χ4n) is 2.81. The lowest BCUT2D eigenvalue weighted by atomic mass is 9.91. The first-order valence-electron chi connectivity index (χ1n) is 6.94. The molecule has 1 aliphatic carbocycles. The van der Waals surface area contributed by atoms with Crippen LogP contribution in [-0.2, 0) is 11.3 Å². The van der Waals surface area contributed by atoms with Gasteiger partial charge in [0.1, 0.15) is 5.54 Å². The van der Waals surface area contributed by atoms with Gasteiger partial charge >= 0.3 is 0 Å². The van der Waals surface area contributed by atoms with Gasteiger partial charge in [0.25, 0.3) is 0 Å². The number of rotatable bonds is 6. The van der Waals surface area contributed by atoms with E-state index in [0.29, 0.717) is 12.5 Å². The van der Waals surface area contributed by atoms with E-state index >= 15 is 0 Å². The van der Waals surface area contributed by atoms with Crippen LogP contribution < -0.4 is 11.1 Å². The summed E-state index contributed by atoms with van der Waals surface area (Å²) in [6, 6.07) is 2.23. The van der Waals surface area contributed by atoms with Gasteiger partial charge in [-0.2, -0.15) is 5.10 Å². The molecule has 0 saturated heterocycles. The van der Waals surface area contributed by atoms with Gasteiger partial charge in [0.05, 0.1) is 12.2 Å². The van der Waals surface area contributed by atoms with E-state index in [4.69, 9.17) is 5.73 Å². The summed E-state index contributed by atoms with van der Waals surface area (Å²) in [5, 5.41) is 7.87. The van der Waals surface area contributed by atoms with Gasteiger partial charge in [-0.1, -0.05) is 0 Å². The van der Waals surface area contributed by atoms with E-state index in [1.54, 1.807) is 0 Å². The molecular weight excluding hydrogens is 240 g/mol. The second-order valence-corrected chi connectivity index (χ2v) is 5.99. The fourth-order valence-corrected chi connectivity index (χ4v) is 2.81. The highest BCUT2D eigenvalue weighted by molar-refractivity contribution is 5.85. The number of primary amides is 1. The second-order valence-electron chi connectivity index (χ2n) is 5.99. The Morgan fingerprint density at radius 2 is 2.21 bits per heavy atom. The summed E-state index contributed by atoms with van der Waals surface area (Å²) >= 11 is 0. The van der Waals surface area contributed by atoms with Gasteiger partial charge in [0, 0.05) is 11.7 Å². The summed E-state index contributed by atoms with van der Waals surface area (Å²) in [4.78, 5) is 12.1. The molecule has 5 heteroatoms. The Morgan fingerprint density at radius 3 is 2.58 bits per heavy atom. The van der Waals surface area contributed by atoms with Crippen molar-refractivity contribution in [2.24, 2.45) is 11.7 Å². The average Bonchev–Trinajstić information content (AvgIpc) is 3.05. The first-order chi connectivity index (χ1) is 8.85. The number of hydrogen-bond acceptors (Lipinski definition) is 3. The van der Waals surface area contributed by atoms with Gasteiger partial charge in [-0.3, -0.25) is 14.8 Å². The minimum Gasteiger partial charge on any atom is -0.368 e. The molecular formula is C14H24N4O. The van der Waals surface area contributed by atoms with E-state index in [9.17, 15) is 4.79 Å². The molecule has 0 bridgehead atoms. The summed E-state index contributed by atoms with van der Waals surface area (Å²) in [5.74, 6) is 0.0626. The Bertz CT molecular complexity index is 476. The molecule has 2 rings (SSSR count). The molecule has 19 heavy (non-hydrogen) atoms. The van der Waals surface area contributed by atoms with Crippen LogP contribution >= 0.6 is 0 Å². The van der Waals surface area contributed by atoms with Gasteiger partial charge in [0.15, 0.2) is 0 Å². The maximum absolute atomic E-state index is 12.1. The molecule has 1 saturated carbocycles. The molecule has 1 aromatic heterocycles. The van der Waals surface area contributed by atoms with E-state index in [1.165, 1.54) is 0 Å². The van der Waals surface area contributed by atoms with Gasteiger partial charge in [-0.25, -0.2) is 0 Å². The molecule has 1 unspecified atom stereocenters. The van der Waals surface area contributed by atoms with Crippen molar-refractivity contribution >= 4 is 5.91 Å². The highest BCUT2D eigenvalue weighted by Gasteiger charge is 2.50. The fraction of sp³-hybridized carbons (Fsp3) is 0.714. The number of aryl methyl sites for hydroxylation is 2. The van der Waals surface area contributed by atoms with Crippen molar-refractivity contribution in [1.29, 1.82) is 0 Å². The standard InChI is InChI=1S/C14H24N4O/c1-9(2)16-14(13(15)19,12-5-6-12)8-18-11(4)7-10(3)17-18/h7,9,12,16H,5-6,8H2,1-4H3,(H2,15,19). The Hall–Kier alpha value is -1.36. The van der Waals surface area contributed by atoms with Gasteiger partial charge in [-0.15, -0.1) is 0 Å². The van der Waals surface area contributed by atoms with Crippen molar-refractivity contribution < 1.29 is 4.79 Å². The summed E-state index contributed by atoms with van der Waals surface area (Å²) in [6.45, 7) is 8.57. The number of aromatic nitrogens is 2. The summed E-state index contributed by atoms with van der Waals surface area (Å²) in [7, 11) is 0. The summed E-state index contributed by atoms with van der Waals surface area (Å²) < 4.78 is 1.90. The Kier molecular flexibility index (Phi) is 3.67. The number of nitrogens with one attached hydrogen (secondary N) is 1. The second kappa shape index (κ2) is 4.96. The Morgan fingerprint density at radius 1 is 1.58 bits per heavy atom.